The molecule has 4 atom stereocenters. The number of nitrogens with zero attached hydrogens (tertiary/aromatic N) is 3. The highest BCUT2D eigenvalue weighted by molar-refractivity contribution is 6.30. The first-order valence-electron chi connectivity index (χ1n) is 9.27. The maximum absolute atomic E-state index is 13.1. The zero-order valence-corrected chi connectivity index (χ0v) is 15.9. The lowest BCUT2D eigenvalue weighted by Crippen LogP contribution is -2.35. The topological polar surface area (TPSA) is 64.4 Å². The summed E-state index contributed by atoms with van der Waals surface area (Å²) < 4.78 is 7.66. The zero-order valence-electron chi connectivity index (χ0n) is 15.2. The van der Waals surface area contributed by atoms with Crippen LogP contribution in [0.5, 0.6) is 0 Å². The van der Waals surface area contributed by atoms with Crippen LogP contribution < -0.4 is 4.90 Å². The van der Waals surface area contributed by atoms with Gasteiger partial charge in [0.15, 0.2) is 0 Å². The summed E-state index contributed by atoms with van der Waals surface area (Å²) in [6, 6.07) is 7.58. The van der Waals surface area contributed by atoms with Crippen LogP contribution in [0.2, 0.25) is 5.02 Å². The molecule has 2 bridgehead atoms. The number of halogens is 1. The van der Waals surface area contributed by atoms with Crippen molar-refractivity contribution in [1.29, 1.82) is 0 Å². The number of imide groups is 1. The van der Waals surface area contributed by atoms with Crippen LogP contribution in [0.15, 0.2) is 24.3 Å². The van der Waals surface area contributed by atoms with Crippen LogP contribution in [0.4, 0.5) is 5.69 Å². The Bertz CT molecular complexity index is 924. The van der Waals surface area contributed by atoms with Crippen molar-refractivity contribution < 1.29 is 14.3 Å². The minimum absolute atomic E-state index is 0.105. The number of carbonyl (C=O) groups is 2. The van der Waals surface area contributed by atoms with E-state index >= 15 is 0 Å². The number of aryl methyl sites for hydroxylation is 1. The quantitative estimate of drug-likeness (QED) is 0.762. The number of ether oxygens (including phenoxy) is 1. The zero-order chi connectivity index (χ0) is 18.9. The Balaban J connectivity index is 1.49. The number of amides is 2. The molecule has 0 saturated carbocycles. The molecule has 5 rings (SSSR count). The lowest BCUT2D eigenvalue weighted by molar-refractivity contribution is -0.124. The highest BCUT2D eigenvalue weighted by atomic mass is 35.5. The minimum Gasteiger partial charge on any atom is -0.373 e. The highest BCUT2D eigenvalue weighted by Gasteiger charge is 2.63. The van der Waals surface area contributed by atoms with Gasteiger partial charge < -0.3 is 4.74 Å². The van der Waals surface area contributed by atoms with Gasteiger partial charge in [-0.15, -0.1) is 0 Å². The van der Waals surface area contributed by atoms with Crippen LogP contribution in [-0.4, -0.2) is 33.8 Å². The summed E-state index contributed by atoms with van der Waals surface area (Å²) in [5.74, 6) is -0.909. The molecule has 0 radical (unpaired) electrons. The first-order valence-corrected chi connectivity index (χ1v) is 9.65. The van der Waals surface area contributed by atoms with Crippen molar-refractivity contribution in [2.45, 2.75) is 45.4 Å². The lowest BCUT2D eigenvalue weighted by atomic mass is 9.81. The molecule has 1 aromatic carbocycles. The summed E-state index contributed by atoms with van der Waals surface area (Å²) in [7, 11) is 0. The van der Waals surface area contributed by atoms with Crippen LogP contribution in [0.3, 0.4) is 0 Å². The van der Waals surface area contributed by atoms with Crippen LogP contribution in [0.1, 0.15) is 29.8 Å². The molecule has 0 aliphatic carbocycles. The first kappa shape index (κ1) is 17.0. The molecule has 2 aromatic rings. The SMILES string of the molecule is Cc1nn(Cc2ccc(Cl)cc2)c(C)c1N1C(=O)[C@@H]2[C@H](C1=O)[C@H]1CC[C@H]2O1. The minimum atomic E-state index is -0.324. The van der Waals surface area contributed by atoms with E-state index in [0.717, 1.165) is 24.1 Å². The van der Waals surface area contributed by atoms with Crippen molar-refractivity contribution in [2.24, 2.45) is 11.8 Å². The summed E-state index contributed by atoms with van der Waals surface area (Å²) in [5, 5.41) is 5.28. The Hall–Kier alpha value is -2.18. The lowest BCUT2D eigenvalue weighted by Gasteiger charge is -2.18. The number of rotatable bonds is 3. The summed E-state index contributed by atoms with van der Waals surface area (Å²) in [6.07, 6.45) is 1.52. The maximum atomic E-state index is 13.1. The molecule has 0 unspecified atom stereocenters. The second-order valence-corrected chi connectivity index (χ2v) is 8.09. The molecule has 7 heteroatoms. The van der Waals surface area contributed by atoms with E-state index in [2.05, 4.69) is 5.10 Å². The van der Waals surface area contributed by atoms with Crippen molar-refractivity contribution in [3.8, 4) is 0 Å². The number of hydrogen-bond acceptors (Lipinski definition) is 4. The van der Waals surface area contributed by atoms with E-state index in [-0.39, 0.29) is 35.9 Å². The van der Waals surface area contributed by atoms with Gasteiger partial charge in [-0.05, 0) is 44.4 Å². The van der Waals surface area contributed by atoms with Gasteiger partial charge in [0.25, 0.3) is 0 Å². The second-order valence-electron chi connectivity index (χ2n) is 7.66. The first-order chi connectivity index (χ1) is 13.0. The van der Waals surface area contributed by atoms with Gasteiger partial charge >= 0.3 is 0 Å². The van der Waals surface area contributed by atoms with Crippen molar-refractivity contribution >= 4 is 29.1 Å². The molecule has 3 aliphatic heterocycles. The molecular formula is C20H20ClN3O3. The number of benzene rings is 1. The fourth-order valence-corrected chi connectivity index (χ4v) is 4.99. The standard InChI is InChI=1S/C20H20ClN3O3/c1-10-18(11(2)23(22-10)9-12-3-5-13(21)6-4-12)24-19(25)16-14-7-8-15(27-14)17(16)20(24)26/h3-6,14-17H,7-9H2,1-2H3/t14-,15-,16-,17+/m1/s1. The van der Waals surface area contributed by atoms with Gasteiger partial charge in [0.05, 0.1) is 47.7 Å². The van der Waals surface area contributed by atoms with E-state index in [0.29, 0.717) is 22.9 Å². The normalized spacial score (nSPS) is 29.1. The van der Waals surface area contributed by atoms with E-state index in [1.807, 2.05) is 42.8 Å². The summed E-state index contributed by atoms with van der Waals surface area (Å²) in [5.41, 5.74) is 3.19. The van der Waals surface area contributed by atoms with Gasteiger partial charge in [0.2, 0.25) is 11.8 Å². The van der Waals surface area contributed by atoms with Gasteiger partial charge in [-0.2, -0.15) is 5.10 Å². The largest absolute Gasteiger partial charge is 0.373 e. The Labute approximate surface area is 162 Å². The molecule has 3 fully saturated rings. The van der Waals surface area contributed by atoms with E-state index in [4.69, 9.17) is 16.3 Å². The Morgan fingerprint density at radius 3 is 2.26 bits per heavy atom. The molecule has 1 aromatic heterocycles. The number of anilines is 1. The maximum Gasteiger partial charge on any atom is 0.240 e. The Morgan fingerprint density at radius 1 is 1.07 bits per heavy atom. The number of fused-ring (bicyclic) bond motifs is 5. The molecule has 3 saturated heterocycles. The Morgan fingerprint density at radius 2 is 1.67 bits per heavy atom. The molecule has 4 heterocycles. The smallest absolute Gasteiger partial charge is 0.240 e. The monoisotopic (exact) mass is 385 g/mol. The van der Waals surface area contributed by atoms with Crippen molar-refractivity contribution in [3.05, 3.63) is 46.2 Å². The average molecular weight is 386 g/mol. The average Bonchev–Trinajstić information content (AvgIpc) is 3.37. The Kier molecular flexibility index (Phi) is 3.71. The van der Waals surface area contributed by atoms with Gasteiger partial charge in [-0.3, -0.25) is 14.3 Å². The van der Waals surface area contributed by atoms with Crippen molar-refractivity contribution in [1.82, 2.24) is 9.78 Å². The predicted molar refractivity (Wildman–Crippen MR) is 99.6 cm³/mol. The molecule has 0 spiro atoms. The van der Waals surface area contributed by atoms with Gasteiger partial charge in [0, 0.05) is 5.02 Å². The number of carbonyl (C=O) groups excluding carboxylic acids is 2. The van der Waals surface area contributed by atoms with Crippen LogP contribution >= 0.6 is 11.6 Å². The predicted octanol–water partition coefficient (Wildman–Crippen LogP) is 2.87. The number of aromatic nitrogens is 2. The van der Waals surface area contributed by atoms with E-state index < -0.39 is 0 Å². The number of hydrogen-bond donors (Lipinski definition) is 0. The summed E-state index contributed by atoms with van der Waals surface area (Å²) >= 11 is 5.95. The van der Waals surface area contributed by atoms with Gasteiger partial charge in [-0.1, -0.05) is 23.7 Å². The van der Waals surface area contributed by atoms with Crippen LogP contribution in [-0.2, 0) is 20.9 Å². The third-order valence-corrected chi connectivity index (χ3v) is 6.35. The molecule has 140 valence electrons. The third kappa shape index (κ3) is 2.39. The molecular weight excluding hydrogens is 366 g/mol. The third-order valence-electron chi connectivity index (χ3n) is 6.10. The molecule has 27 heavy (non-hydrogen) atoms. The summed E-state index contributed by atoms with van der Waals surface area (Å²) in [6.45, 7) is 4.31. The van der Waals surface area contributed by atoms with E-state index in [1.165, 1.54) is 4.90 Å². The van der Waals surface area contributed by atoms with Gasteiger partial charge in [-0.25, -0.2) is 4.90 Å². The van der Waals surface area contributed by atoms with Gasteiger partial charge in [0.1, 0.15) is 0 Å². The van der Waals surface area contributed by atoms with Crippen LogP contribution in [0.25, 0.3) is 0 Å². The van der Waals surface area contributed by atoms with Crippen molar-refractivity contribution in [2.75, 3.05) is 4.90 Å². The fraction of sp³-hybridized carbons (Fsp3) is 0.450. The molecule has 6 nitrogen and oxygen atoms in total. The fourth-order valence-electron chi connectivity index (χ4n) is 4.86. The molecule has 0 N–H and O–H groups in total. The van der Waals surface area contributed by atoms with Crippen molar-refractivity contribution in [3.63, 3.8) is 0 Å². The molecule has 3 aliphatic rings. The van der Waals surface area contributed by atoms with Crippen LogP contribution in [0, 0.1) is 25.7 Å². The molecule has 2 amide bonds. The second kappa shape index (κ2) is 5.91. The summed E-state index contributed by atoms with van der Waals surface area (Å²) in [4.78, 5) is 27.5. The van der Waals surface area contributed by atoms with E-state index in [1.54, 1.807) is 0 Å². The highest BCUT2D eigenvalue weighted by Crippen LogP contribution is 2.50. The van der Waals surface area contributed by atoms with E-state index in [9.17, 15) is 9.59 Å².